The van der Waals surface area contributed by atoms with Crippen molar-refractivity contribution in [2.24, 2.45) is 5.92 Å². The zero-order valence-corrected chi connectivity index (χ0v) is 15.6. The third-order valence-corrected chi connectivity index (χ3v) is 5.51. The number of amides is 1. The first-order chi connectivity index (χ1) is 11.3. The highest BCUT2D eigenvalue weighted by Gasteiger charge is 2.25. The molecule has 0 saturated carbocycles. The normalized spacial score (nSPS) is 15.9. The number of piperidine rings is 1. The third-order valence-electron chi connectivity index (χ3n) is 4.23. The van der Waals surface area contributed by atoms with Crippen LogP contribution in [-0.2, 0) is 15.6 Å². The fraction of sp³-hybridized carbons (Fsp3) is 0.562. The molecule has 1 heterocycles. The highest BCUT2D eigenvalue weighted by atomic mass is 35.5. The van der Waals surface area contributed by atoms with Crippen LogP contribution in [0.2, 0.25) is 0 Å². The molecule has 0 aliphatic carbocycles. The summed E-state index contributed by atoms with van der Waals surface area (Å²) in [7, 11) is -2.54. The molecule has 0 atom stereocenters. The molecule has 0 bridgehead atoms. The second kappa shape index (κ2) is 9.45. The van der Waals surface area contributed by atoms with Crippen molar-refractivity contribution in [1.29, 1.82) is 0 Å². The molecular weight excluding hydrogens is 374 g/mol. The molecule has 25 heavy (non-hydrogen) atoms. The summed E-state index contributed by atoms with van der Waals surface area (Å²) in [6, 6.07) is 5.83. The van der Waals surface area contributed by atoms with Gasteiger partial charge in [0.05, 0.1) is 5.75 Å². The van der Waals surface area contributed by atoms with Crippen LogP contribution in [0, 0.1) is 5.92 Å². The van der Waals surface area contributed by atoms with Gasteiger partial charge in [0.25, 0.3) is 5.91 Å². The van der Waals surface area contributed by atoms with E-state index in [1.807, 2.05) is 7.05 Å². The minimum Gasteiger partial charge on any atom is -0.339 e. The molecule has 0 radical (unpaired) electrons. The van der Waals surface area contributed by atoms with Crippen LogP contribution >= 0.6 is 12.4 Å². The lowest BCUT2D eigenvalue weighted by Crippen LogP contribution is -2.40. The predicted octanol–water partition coefficient (Wildman–Crippen LogP) is 2.32. The Hall–Kier alpha value is -1.25. The number of benzene rings is 1. The van der Waals surface area contributed by atoms with Gasteiger partial charge in [-0.2, -0.15) is 8.78 Å². The SMILES string of the molecule is CNCC1CCN(C(=O)c2ccc(CS(=O)(=O)C(F)F)cc2)CC1.Cl. The first-order valence-electron chi connectivity index (χ1n) is 7.86. The van der Waals surface area contributed by atoms with E-state index >= 15 is 0 Å². The number of likely N-dealkylation sites (tertiary alicyclic amines) is 1. The lowest BCUT2D eigenvalue weighted by Gasteiger charge is -2.32. The maximum atomic E-state index is 12.4. The van der Waals surface area contributed by atoms with Gasteiger partial charge in [0.2, 0.25) is 9.84 Å². The van der Waals surface area contributed by atoms with Crippen LogP contribution in [0.3, 0.4) is 0 Å². The summed E-state index contributed by atoms with van der Waals surface area (Å²) >= 11 is 0. The molecule has 1 aliphatic heterocycles. The second-order valence-electron chi connectivity index (χ2n) is 6.06. The molecule has 1 amide bonds. The largest absolute Gasteiger partial charge is 0.339 e. The van der Waals surface area contributed by atoms with Crippen LogP contribution < -0.4 is 5.32 Å². The molecule has 1 aliphatic rings. The van der Waals surface area contributed by atoms with Gasteiger partial charge in [-0.25, -0.2) is 8.42 Å². The van der Waals surface area contributed by atoms with Gasteiger partial charge < -0.3 is 10.2 Å². The van der Waals surface area contributed by atoms with E-state index in [1.165, 1.54) is 24.3 Å². The number of hydrogen-bond acceptors (Lipinski definition) is 4. The molecule has 2 rings (SSSR count). The highest BCUT2D eigenvalue weighted by Crippen LogP contribution is 2.19. The Morgan fingerprint density at radius 2 is 1.80 bits per heavy atom. The fourth-order valence-corrected chi connectivity index (χ4v) is 3.63. The number of rotatable bonds is 6. The Labute approximate surface area is 153 Å². The monoisotopic (exact) mass is 396 g/mol. The van der Waals surface area contributed by atoms with Crippen LogP contribution in [-0.4, -0.2) is 51.7 Å². The molecule has 5 nitrogen and oxygen atoms in total. The first kappa shape index (κ1) is 21.8. The van der Waals surface area contributed by atoms with E-state index < -0.39 is 21.3 Å². The van der Waals surface area contributed by atoms with E-state index in [0.717, 1.165) is 19.4 Å². The summed E-state index contributed by atoms with van der Waals surface area (Å²) < 4.78 is 47.2. The van der Waals surface area contributed by atoms with E-state index in [0.29, 0.717) is 24.6 Å². The molecule has 9 heteroatoms. The Morgan fingerprint density at radius 3 is 2.28 bits per heavy atom. The molecule has 142 valence electrons. The summed E-state index contributed by atoms with van der Waals surface area (Å²) in [5.74, 6) is -3.66. The number of carbonyl (C=O) groups is 1. The third kappa shape index (κ3) is 5.90. The summed E-state index contributed by atoms with van der Waals surface area (Å²) in [4.78, 5) is 14.2. The minimum absolute atomic E-state index is 0. The van der Waals surface area contributed by atoms with Crippen LogP contribution in [0.4, 0.5) is 8.78 Å². The van der Waals surface area contributed by atoms with Crippen LogP contribution in [0.1, 0.15) is 28.8 Å². The molecule has 0 spiro atoms. The van der Waals surface area contributed by atoms with Gasteiger partial charge in [0, 0.05) is 18.7 Å². The van der Waals surface area contributed by atoms with Gasteiger partial charge >= 0.3 is 5.76 Å². The topological polar surface area (TPSA) is 66.5 Å². The zero-order chi connectivity index (χ0) is 17.7. The molecule has 0 unspecified atom stereocenters. The van der Waals surface area contributed by atoms with Crippen LogP contribution in [0.25, 0.3) is 0 Å². The average molecular weight is 397 g/mol. The van der Waals surface area contributed by atoms with E-state index in [2.05, 4.69) is 5.32 Å². The van der Waals surface area contributed by atoms with Gasteiger partial charge in [-0.15, -0.1) is 12.4 Å². The van der Waals surface area contributed by atoms with Crippen LogP contribution in [0.5, 0.6) is 0 Å². The quantitative estimate of drug-likeness (QED) is 0.801. The first-order valence-corrected chi connectivity index (χ1v) is 9.57. The van der Waals surface area contributed by atoms with E-state index in [1.54, 1.807) is 4.90 Å². The maximum absolute atomic E-state index is 12.4. The number of carbonyl (C=O) groups excluding carboxylic acids is 1. The van der Waals surface area contributed by atoms with Crippen molar-refractivity contribution in [1.82, 2.24) is 10.2 Å². The Balaban J connectivity index is 0.00000312. The van der Waals surface area contributed by atoms with Crippen molar-refractivity contribution in [2.75, 3.05) is 26.7 Å². The molecule has 0 aromatic heterocycles. The van der Waals surface area contributed by atoms with Crippen molar-refractivity contribution < 1.29 is 22.0 Å². The van der Waals surface area contributed by atoms with Crippen molar-refractivity contribution >= 4 is 28.2 Å². The Morgan fingerprint density at radius 1 is 1.24 bits per heavy atom. The highest BCUT2D eigenvalue weighted by molar-refractivity contribution is 7.90. The number of alkyl halides is 2. The molecule has 1 aromatic rings. The van der Waals surface area contributed by atoms with E-state index in [9.17, 15) is 22.0 Å². The lowest BCUT2D eigenvalue weighted by atomic mass is 9.96. The summed E-state index contributed by atoms with van der Waals surface area (Å²) in [6.07, 6.45) is 1.88. The van der Waals surface area contributed by atoms with E-state index in [4.69, 9.17) is 0 Å². The zero-order valence-electron chi connectivity index (χ0n) is 14.0. The number of sulfone groups is 1. The summed E-state index contributed by atoms with van der Waals surface area (Å²) in [6.45, 7) is 2.31. The molecule has 1 aromatic carbocycles. The van der Waals surface area contributed by atoms with Crippen molar-refractivity contribution in [3.05, 3.63) is 35.4 Å². The van der Waals surface area contributed by atoms with Gasteiger partial charge in [0.1, 0.15) is 0 Å². The predicted molar refractivity (Wildman–Crippen MR) is 94.9 cm³/mol. The molecule has 1 N–H and O–H groups in total. The van der Waals surface area contributed by atoms with Gasteiger partial charge in [-0.3, -0.25) is 4.79 Å². The standard InChI is InChI=1S/C16H22F2N2O3S.ClH/c1-19-10-12-6-8-20(9-7-12)15(21)14-4-2-13(3-5-14)11-24(22,23)16(17)18;/h2-5,12,16,19H,6-11H2,1H3;1H. The minimum atomic E-state index is -4.45. The van der Waals surface area contributed by atoms with Crippen molar-refractivity contribution in [2.45, 2.75) is 24.4 Å². The van der Waals surface area contributed by atoms with Crippen molar-refractivity contribution in [3.63, 3.8) is 0 Å². The Kier molecular flexibility index (Phi) is 8.24. The van der Waals surface area contributed by atoms with Gasteiger partial charge in [-0.1, -0.05) is 12.1 Å². The number of hydrogen-bond donors (Lipinski definition) is 1. The number of halogens is 3. The van der Waals surface area contributed by atoms with Crippen molar-refractivity contribution in [3.8, 4) is 0 Å². The summed E-state index contributed by atoms with van der Waals surface area (Å²) in [5.41, 5.74) is 0.694. The average Bonchev–Trinajstić information content (AvgIpc) is 2.55. The van der Waals surface area contributed by atoms with Gasteiger partial charge in [0.15, 0.2) is 0 Å². The lowest BCUT2D eigenvalue weighted by molar-refractivity contribution is 0.0691. The smallest absolute Gasteiger partial charge is 0.337 e. The molecule has 1 saturated heterocycles. The number of nitrogens with zero attached hydrogens (tertiary/aromatic N) is 1. The van der Waals surface area contributed by atoms with Crippen LogP contribution in [0.15, 0.2) is 24.3 Å². The number of nitrogens with one attached hydrogen (secondary N) is 1. The fourth-order valence-electron chi connectivity index (χ4n) is 2.85. The second-order valence-corrected chi connectivity index (χ2v) is 8.03. The Bertz CT molecular complexity index is 660. The molecular formula is C16H23ClF2N2O3S. The van der Waals surface area contributed by atoms with Gasteiger partial charge in [-0.05, 0) is 50.0 Å². The summed E-state index contributed by atoms with van der Waals surface area (Å²) in [5, 5.41) is 3.14. The molecule has 1 fully saturated rings. The maximum Gasteiger partial charge on any atom is 0.337 e. The van der Waals surface area contributed by atoms with E-state index in [-0.39, 0.29) is 23.9 Å².